The van der Waals surface area contributed by atoms with Gasteiger partial charge in [0.05, 0.1) is 0 Å². The van der Waals surface area contributed by atoms with Crippen LogP contribution < -0.4 is 11.1 Å². The van der Waals surface area contributed by atoms with E-state index in [0.29, 0.717) is 11.5 Å². The molecule has 112 valence electrons. The minimum atomic E-state index is -0.417. The molecule has 1 aromatic rings. The molecule has 1 aliphatic heterocycles. The van der Waals surface area contributed by atoms with Gasteiger partial charge in [-0.15, -0.1) is 0 Å². The lowest BCUT2D eigenvalue weighted by Crippen LogP contribution is -2.52. The van der Waals surface area contributed by atoms with Crippen LogP contribution in [0.2, 0.25) is 0 Å². The Bertz CT molecular complexity index is 555. The summed E-state index contributed by atoms with van der Waals surface area (Å²) in [5.74, 6) is 0.249. The Balaban J connectivity index is 1.65. The number of rotatable bonds is 3. The molecule has 1 aliphatic carbocycles. The number of benzene rings is 1. The van der Waals surface area contributed by atoms with Gasteiger partial charge in [0.15, 0.2) is 0 Å². The molecule has 2 amide bonds. The molecule has 0 aromatic heterocycles. The summed E-state index contributed by atoms with van der Waals surface area (Å²) in [5.41, 5.74) is 6.88. The highest BCUT2D eigenvalue weighted by Gasteiger charge is 2.46. The molecule has 1 aromatic carbocycles. The lowest BCUT2D eigenvalue weighted by molar-refractivity contribution is -0.135. The molecule has 5 nitrogen and oxygen atoms in total. The van der Waals surface area contributed by atoms with Crippen LogP contribution in [0.15, 0.2) is 24.3 Å². The highest BCUT2D eigenvalue weighted by Crippen LogP contribution is 2.48. The number of nitrogens with one attached hydrogen (secondary N) is 1. The third-order valence-corrected chi connectivity index (χ3v) is 4.52. The van der Waals surface area contributed by atoms with Crippen molar-refractivity contribution >= 4 is 11.8 Å². The van der Waals surface area contributed by atoms with Crippen molar-refractivity contribution in [3.63, 3.8) is 0 Å². The Morgan fingerprint density at radius 2 is 2.00 bits per heavy atom. The lowest BCUT2D eigenvalue weighted by Gasteiger charge is -2.34. The molecule has 1 heterocycles. The van der Waals surface area contributed by atoms with E-state index in [2.05, 4.69) is 12.2 Å². The fourth-order valence-corrected chi connectivity index (χ4v) is 3.11. The van der Waals surface area contributed by atoms with Crippen LogP contribution in [0.4, 0.5) is 0 Å². The summed E-state index contributed by atoms with van der Waals surface area (Å²) in [6.07, 6.45) is 0.908. The number of nitrogens with two attached hydrogens (primary N) is 1. The summed E-state index contributed by atoms with van der Waals surface area (Å²) in [5, 5.41) is 3.30. The second-order valence-electron chi connectivity index (χ2n) is 6.02. The SMILES string of the molecule is C[C@@H]1CNCCN1C(=O)[C@H]1C[C@H]1c1ccc(C(N)=O)cc1. The molecular weight excluding hydrogens is 266 g/mol. The molecule has 2 fully saturated rings. The van der Waals surface area contributed by atoms with Gasteiger partial charge in [-0.1, -0.05) is 12.1 Å². The van der Waals surface area contributed by atoms with Gasteiger partial charge in [-0.2, -0.15) is 0 Å². The number of piperazine rings is 1. The van der Waals surface area contributed by atoms with E-state index >= 15 is 0 Å². The quantitative estimate of drug-likeness (QED) is 0.859. The van der Waals surface area contributed by atoms with Crippen molar-refractivity contribution in [1.82, 2.24) is 10.2 Å². The second kappa shape index (κ2) is 5.48. The van der Waals surface area contributed by atoms with Crippen molar-refractivity contribution in [2.45, 2.75) is 25.3 Å². The highest BCUT2D eigenvalue weighted by atomic mass is 16.2. The summed E-state index contributed by atoms with van der Waals surface area (Å²) < 4.78 is 0. The van der Waals surface area contributed by atoms with E-state index in [1.807, 2.05) is 17.0 Å². The molecule has 0 radical (unpaired) electrons. The first kappa shape index (κ1) is 14.1. The zero-order valence-electron chi connectivity index (χ0n) is 12.2. The average Bonchev–Trinajstić information content (AvgIpc) is 3.27. The second-order valence-corrected chi connectivity index (χ2v) is 6.02. The van der Waals surface area contributed by atoms with Crippen LogP contribution in [-0.4, -0.2) is 42.4 Å². The van der Waals surface area contributed by atoms with Gasteiger partial charge in [0.2, 0.25) is 11.8 Å². The number of nitrogens with zero attached hydrogens (tertiary/aromatic N) is 1. The zero-order chi connectivity index (χ0) is 15.0. The minimum absolute atomic E-state index is 0.102. The Morgan fingerprint density at radius 3 is 2.62 bits per heavy atom. The normalized spacial score (nSPS) is 28.2. The van der Waals surface area contributed by atoms with Gasteiger partial charge in [-0.25, -0.2) is 0 Å². The van der Waals surface area contributed by atoms with Crippen molar-refractivity contribution in [1.29, 1.82) is 0 Å². The van der Waals surface area contributed by atoms with Crippen molar-refractivity contribution in [2.24, 2.45) is 11.7 Å². The highest BCUT2D eigenvalue weighted by molar-refractivity contribution is 5.92. The monoisotopic (exact) mass is 287 g/mol. The Hall–Kier alpha value is -1.88. The Labute approximate surface area is 124 Å². The summed E-state index contributed by atoms with van der Waals surface area (Å²) in [6, 6.07) is 7.58. The lowest BCUT2D eigenvalue weighted by atomic mass is 10.1. The molecular formula is C16H21N3O2. The molecule has 5 heteroatoms. The number of hydrogen-bond donors (Lipinski definition) is 2. The molecule has 1 saturated carbocycles. The number of primary amides is 1. The molecule has 0 unspecified atom stereocenters. The minimum Gasteiger partial charge on any atom is -0.366 e. The fourth-order valence-electron chi connectivity index (χ4n) is 3.11. The topological polar surface area (TPSA) is 75.4 Å². The van der Waals surface area contributed by atoms with Crippen LogP contribution in [0.25, 0.3) is 0 Å². The maximum Gasteiger partial charge on any atom is 0.248 e. The number of carbonyl (C=O) groups excluding carboxylic acids is 2. The van der Waals surface area contributed by atoms with Crippen molar-refractivity contribution in [3.05, 3.63) is 35.4 Å². The predicted octanol–water partition coefficient (Wildman–Crippen LogP) is 0.709. The van der Waals surface area contributed by atoms with Gasteiger partial charge in [-0.05, 0) is 37.0 Å². The van der Waals surface area contributed by atoms with Crippen LogP contribution in [0.1, 0.15) is 35.2 Å². The zero-order valence-corrected chi connectivity index (χ0v) is 12.2. The fraction of sp³-hybridized carbons (Fsp3) is 0.500. The third-order valence-electron chi connectivity index (χ3n) is 4.52. The number of amides is 2. The van der Waals surface area contributed by atoms with E-state index in [1.165, 1.54) is 0 Å². The van der Waals surface area contributed by atoms with Crippen molar-refractivity contribution in [3.8, 4) is 0 Å². The first-order chi connectivity index (χ1) is 10.1. The smallest absolute Gasteiger partial charge is 0.248 e. The third kappa shape index (κ3) is 2.78. The van der Waals surface area contributed by atoms with E-state index in [9.17, 15) is 9.59 Å². The van der Waals surface area contributed by atoms with Gasteiger partial charge in [-0.3, -0.25) is 9.59 Å². The number of carbonyl (C=O) groups is 2. The van der Waals surface area contributed by atoms with Crippen LogP contribution in [-0.2, 0) is 4.79 Å². The van der Waals surface area contributed by atoms with Gasteiger partial charge < -0.3 is 16.0 Å². The van der Waals surface area contributed by atoms with E-state index in [4.69, 9.17) is 5.73 Å². The maximum absolute atomic E-state index is 12.6. The molecule has 2 aliphatic rings. The van der Waals surface area contributed by atoms with Crippen molar-refractivity contribution in [2.75, 3.05) is 19.6 Å². The van der Waals surface area contributed by atoms with Crippen molar-refractivity contribution < 1.29 is 9.59 Å². The largest absolute Gasteiger partial charge is 0.366 e. The van der Waals surface area contributed by atoms with Crippen LogP contribution >= 0.6 is 0 Å². The van der Waals surface area contributed by atoms with Crippen LogP contribution in [0.3, 0.4) is 0 Å². The van der Waals surface area contributed by atoms with Crippen LogP contribution in [0.5, 0.6) is 0 Å². The molecule has 0 bridgehead atoms. The molecule has 1 saturated heterocycles. The van der Waals surface area contributed by atoms with Gasteiger partial charge in [0.25, 0.3) is 0 Å². The average molecular weight is 287 g/mol. The summed E-state index contributed by atoms with van der Waals surface area (Å²) in [6.45, 7) is 4.63. The molecule has 3 atom stereocenters. The Kier molecular flexibility index (Phi) is 3.68. The molecule has 3 rings (SSSR count). The van der Waals surface area contributed by atoms with E-state index in [0.717, 1.165) is 31.6 Å². The van der Waals surface area contributed by atoms with E-state index in [-0.39, 0.29) is 17.9 Å². The predicted molar refractivity (Wildman–Crippen MR) is 79.9 cm³/mol. The van der Waals surface area contributed by atoms with Gasteiger partial charge >= 0.3 is 0 Å². The summed E-state index contributed by atoms with van der Waals surface area (Å²) in [4.78, 5) is 25.6. The molecule has 3 N–H and O–H groups in total. The van der Waals surface area contributed by atoms with Gasteiger partial charge in [0, 0.05) is 37.2 Å². The maximum atomic E-state index is 12.6. The first-order valence-electron chi connectivity index (χ1n) is 7.49. The standard InChI is InChI=1S/C16H21N3O2/c1-10-9-18-6-7-19(10)16(21)14-8-13(14)11-2-4-12(5-3-11)15(17)20/h2-5,10,13-14,18H,6-9H2,1H3,(H2,17,20)/t10-,13+,14+/m1/s1. The van der Waals surface area contributed by atoms with Crippen LogP contribution in [0, 0.1) is 5.92 Å². The summed E-state index contributed by atoms with van der Waals surface area (Å²) in [7, 11) is 0. The molecule has 21 heavy (non-hydrogen) atoms. The van der Waals surface area contributed by atoms with E-state index in [1.54, 1.807) is 12.1 Å². The Morgan fingerprint density at radius 1 is 1.29 bits per heavy atom. The number of hydrogen-bond acceptors (Lipinski definition) is 3. The summed E-state index contributed by atoms with van der Waals surface area (Å²) >= 11 is 0. The molecule has 0 spiro atoms. The first-order valence-corrected chi connectivity index (χ1v) is 7.49. The van der Waals surface area contributed by atoms with E-state index < -0.39 is 5.91 Å². The van der Waals surface area contributed by atoms with Gasteiger partial charge in [0.1, 0.15) is 0 Å².